The molecule has 1 aliphatic heterocycles. The van der Waals surface area contributed by atoms with Crippen LogP contribution in [-0.4, -0.2) is 42.3 Å². The fraction of sp³-hybridized carbons (Fsp3) is 0.500. The summed E-state index contributed by atoms with van der Waals surface area (Å²) in [6, 6.07) is 3.09. The van der Waals surface area contributed by atoms with Crippen LogP contribution in [0.25, 0.3) is 0 Å². The second kappa shape index (κ2) is 4.83. The van der Waals surface area contributed by atoms with Gasteiger partial charge in [-0.3, -0.25) is 0 Å². The average Bonchev–Trinajstić information content (AvgIpc) is 2.82. The van der Waals surface area contributed by atoms with E-state index in [2.05, 4.69) is 4.98 Å². The third kappa shape index (κ3) is 2.56. The minimum absolute atomic E-state index is 0.0857. The smallest absolute Gasteiger partial charge is 0.244 e. The molecule has 0 aromatic carbocycles. The Bertz CT molecular complexity index is 481. The Balaban J connectivity index is 2.26. The average molecular weight is 273 g/mol. The van der Waals surface area contributed by atoms with Gasteiger partial charge in [-0.1, -0.05) is 0 Å². The summed E-state index contributed by atoms with van der Waals surface area (Å²) in [7, 11) is -1.81. The first kappa shape index (κ1) is 12.7. The SMILES string of the molecule is CN(C1CCSC1)S(=O)(=O)c1ccc(N)nc1. The standard InChI is InChI=1S/C10H15N3O2S2/c1-13(8-4-5-16-7-8)17(14,15)9-2-3-10(11)12-6-9/h2-3,6,8H,4-5,7H2,1H3,(H2,11,12). The van der Waals surface area contributed by atoms with Crippen LogP contribution in [0, 0.1) is 0 Å². The maximum atomic E-state index is 12.3. The highest BCUT2D eigenvalue weighted by atomic mass is 32.2. The van der Waals surface area contributed by atoms with E-state index in [9.17, 15) is 8.42 Å². The van der Waals surface area contributed by atoms with Gasteiger partial charge in [0.15, 0.2) is 0 Å². The summed E-state index contributed by atoms with van der Waals surface area (Å²) in [4.78, 5) is 4.02. The lowest BCUT2D eigenvalue weighted by Crippen LogP contribution is -2.37. The number of thioether (sulfide) groups is 1. The lowest BCUT2D eigenvalue weighted by Gasteiger charge is -2.22. The number of rotatable bonds is 3. The van der Waals surface area contributed by atoms with E-state index in [4.69, 9.17) is 5.73 Å². The molecule has 1 aromatic rings. The van der Waals surface area contributed by atoms with Crippen molar-refractivity contribution in [1.29, 1.82) is 0 Å². The summed E-state index contributed by atoms with van der Waals surface area (Å²) in [6.07, 6.45) is 2.21. The summed E-state index contributed by atoms with van der Waals surface area (Å²) in [6.45, 7) is 0. The zero-order valence-electron chi connectivity index (χ0n) is 9.54. The van der Waals surface area contributed by atoms with Crippen molar-refractivity contribution in [3.05, 3.63) is 18.3 Å². The fourth-order valence-corrected chi connectivity index (χ4v) is 4.41. The number of sulfonamides is 1. The van der Waals surface area contributed by atoms with E-state index < -0.39 is 10.0 Å². The Morgan fingerprint density at radius 3 is 2.82 bits per heavy atom. The van der Waals surface area contributed by atoms with Crippen molar-refractivity contribution in [2.24, 2.45) is 0 Å². The molecule has 1 aliphatic rings. The molecule has 1 fully saturated rings. The van der Waals surface area contributed by atoms with E-state index in [0.29, 0.717) is 5.82 Å². The minimum Gasteiger partial charge on any atom is -0.384 e. The molecule has 0 spiro atoms. The number of nitrogens with two attached hydrogens (primary N) is 1. The predicted molar refractivity (Wildman–Crippen MR) is 69.3 cm³/mol. The Kier molecular flexibility index (Phi) is 3.60. The Morgan fingerprint density at radius 2 is 2.29 bits per heavy atom. The van der Waals surface area contributed by atoms with Gasteiger partial charge >= 0.3 is 0 Å². The zero-order valence-corrected chi connectivity index (χ0v) is 11.2. The topological polar surface area (TPSA) is 76.3 Å². The number of nitrogen functional groups attached to an aromatic ring is 1. The van der Waals surface area contributed by atoms with E-state index in [1.807, 2.05) is 0 Å². The lowest BCUT2D eigenvalue weighted by atomic mass is 10.3. The highest BCUT2D eigenvalue weighted by Crippen LogP contribution is 2.25. The van der Waals surface area contributed by atoms with Crippen molar-refractivity contribution in [2.75, 3.05) is 24.3 Å². The van der Waals surface area contributed by atoms with Crippen molar-refractivity contribution < 1.29 is 8.42 Å². The molecule has 0 aliphatic carbocycles. The largest absolute Gasteiger partial charge is 0.384 e. The van der Waals surface area contributed by atoms with Gasteiger partial charge in [0.25, 0.3) is 0 Å². The maximum Gasteiger partial charge on any atom is 0.244 e. The molecule has 7 heteroatoms. The number of hydrogen-bond donors (Lipinski definition) is 1. The normalized spacial score (nSPS) is 20.9. The molecule has 17 heavy (non-hydrogen) atoms. The van der Waals surface area contributed by atoms with Crippen molar-refractivity contribution in [3.8, 4) is 0 Å². The lowest BCUT2D eigenvalue weighted by molar-refractivity contribution is 0.394. The molecule has 0 saturated carbocycles. The van der Waals surface area contributed by atoms with Gasteiger partial charge in [-0.15, -0.1) is 0 Å². The maximum absolute atomic E-state index is 12.3. The van der Waals surface area contributed by atoms with Gasteiger partial charge in [-0.05, 0) is 24.3 Å². The Morgan fingerprint density at radius 1 is 1.53 bits per heavy atom. The summed E-state index contributed by atoms with van der Waals surface area (Å²) >= 11 is 1.78. The van der Waals surface area contributed by atoms with E-state index in [1.54, 1.807) is 18.8 Å². The third-order valence-corrected chi connectivity index (χ3v) is 5.89. The van der Waals surface area contributed by atoms with E-state index in [1.165, 1.54) is 22.6 Å². The van der Waals surface area contributed by atoms with Gasteiger partial charge < -0.3 is 5.73 Å². The van der Waals surface area contributed by atoms with Gasteiger partial charge in [0.2, 0.25) is 10.0 Å². The number of hydrogen-bond acceptors (Lipinski definition) is 5. The fourth-order valence-electron chi connectivity index (χ4n) is 1.72. The van der Waals surface area contributed by atoms with Gasteiger partial charge in [0.05, 0.1) is 0 Å². The van der Waals surface area contributed by atoms with E-state index in [-0.39, 0.29) is 10.9 Å². The van der Waals surface area contributed by atoms with Crippen LogP contribution < -0.4 is 5.73 Å². The second-order valence-electron chi connectivity index (χ2n) is 3.96. The molecule has 0 radical (unpaired) electrons. The van der Waals surface area contributed by atoms with Crippen LogP contribution in [0.4, 0.5) is 5.82 Å². The number of anilines is 1. The van der Waals surface area contributed by atoms with Gasteiger partial charge in [0.1, 0.15) is 10.7 Å². The Hall–Kier alpha value is -0.790. The molecule has 0 amide bonds. The van der Waals surface area contributed by atoms with Gasteiger partial charge in [-0.25, -0.2) is 13.4 Å². The summed E-state index contributed by atoms with van der Waals surface area (Å²) in [5.41, 5.74) is 5.45. The first-order valence-electron chi connectivity index (χ1n) is 5.29. The zero-order chi connectivity index (χ0) is 12.5. The highest BCUT2D eigenvalue weighted by Gasteiger charge is 2.30. The number of aromatic nitrogens is 1. The van der Waals surface area contributed by atoms with Crippen molar-refractivity contribution in [2.45, 2.75) is 17.4 Å². The molecular weight excluding hydrogens is 258 g/mol. The molecule has 1 unspecified atom stereocenters. The first-order valence-corrected chi connectivity index (χ1v) is 7.88. The molecule has 2 N–H and O–H groups in total. The molecule has 0 bridgehead atoms. The summed E-state index contributed by atoms with van der Waals surface area (Å²) < 4.78 is 26.0. The molecule has 1 saturated heterocycles. The molecule has 5 nitrogen and oxygen atoms in total. The summed E-state index contributed by atoms with van der Waals surface area (Å²) in [5, 5.41) is 0. The van der Waals surface area contributed by atoms with Crippen LogP contribution in [0.2, 0.25) is 0 Å². The van der Waals surface area contributed by atoms with Crippen LogP contribution in [0.5, 0.6) is 0 Å². The molecule has 2 rings (SSSR count). The van der Waals surface area contributed by atoms with Crippen LogP contribution in [0.1, 0.15) is 6.42 Å². The molecule has 1 atom stereocenters. The van der Waals surface area contributed by atoms with Crippen LogP contribution >= 0.6 is 11.8 Å². The number of nitrogens with zero attached hydrogens (tertiary/aromatic N) is 2. The van der Waals surface area contributed by atoms with E-state index >= 15 is 0 Å². The van der Waals surface area contributed by atoms with Crippen LogP contribution in [0.15, 0.2) is 23.2 Å². The third-order valence-electron chi connectivity index (χ3n) is 2.86. The van der Waals surface area contributed by atoms with E-state index in [0.717, 1.165) is 17.9 Å². The summed E-state index contributed by atoms with van der Waals surface area (Å²) in [5.74, 6) is 2.20. The van der Waals surface area contributed by atoms with Crippen LogP contribution in [0.3, 0.4) is 0 Å². The molecular formula is C10H15N3O2S2. The van der Waals surface area contributed by atoms with Crippen molar-refractivity contribution >= 4 is 27.6 Å². The van der Waals surface area contributed by atoms with Crippen LogP contribution in [-0.2, 0) is 10.0 Å². The minimum atomic E-state index is -3.44. The van der Waals surface area contributed by atoms with Gasteiger partial charge in [0, 0.05) is 25.0 Å². The molecule has 2 heterocycles. The molecule has 94 valence electrons. The van der Waals surface area contributed by atoms with Gasteiger partial charge in [-0.2, -0.15) is 16.1 Å². The monoisotopic (exact) mass is 273 g/mol. The quantitative estimate of drug-likeness (QED) is 0.881. The highest BCUT2D eigenvalue weighted by molar-refractivity contribution is 7.99. The Labute approximate surface area is 105 Å². The van der Waals surface area contributed by atoms with Crippen molar-refractivity contribution in [3.63, 3.8) is 0 Å². The number of pyridine rings is 1. The first-order chi connectivity index (χ1) is 8.01. The molecule has 1 aromatic heterocycles. The van der Waals surface area contributed by atoms with Crippen molar-refractivity contribution in [1.82, 2.24) is 9.29 Å². The predicted octanol–water partition coefficient (Wildman–Crippen LogP) is 0.790. The second-order valence-corrected chi connectivity index (χ2v) is 7.10.